The van der Waals surface area contributed by atoms with Crippen molar-refractivity contribution in [2.75, 3.05) is 0 Å². The molecule has 2 amide bonds. The van der Waals surface area contributed by atoms with Gasteiger partial charge in [0.2, 0.25) is 0 Å². The third-order valence-corrected chi connectivity index (χ3v) is 4.75. The Morgan fingerprint density at radius 3 is 2.50 bits per heavy atom. The molecule has 1 aromatic carbocycles. The first-order chi connectivity index (χ1) is 12.6. The van der Waals surface area contributed by atoms with Crippen molar-refractivity contribution in [2.24, 2.45) is 5.10 Å². The topological polar surface area (TPSA) is 75.5 Å². The molecule has 1 aliphatic carbocycles. The predicted octanol–water partition coefficient (Wildman–Crippen LogP) is 2.60. The maximum Gasteiger partial charge on any atom is 0.329 e. The summed E-state index contributed by atoms with van der Waals surface area (Å²) in [7, 11) is 0. The molecule has 1 heterocycles. The largest absolute Gasteiger partial charge is 0.345 e. The fourth-order valence-corrected chi connectivity index (χ4v) is 3.43. The smallest absolute Gasteiger partial charge is 0.329 e. The van der Waals surface area contributed by atoms with Gasteiger partial charge in [0.1, 0.15) is 0 Å². The van der Waals surface area contributed by atoms with Crippen LogP contribution in [0.4, 0.5) is 0 Å². The highest BCUT2D eigenvalue weighted by Gasteiger charge is 2.21. The molecular weight excluding hydrogens is 328 g/mol. The first kappa shape index (κ1) is 17.9. The summed E-state index contributed by atoms with van der Waals surface area (Å²) >= 11 is 0. The molecule has 2 aromatic rings. The van der Waals surface area contributed by atoms with Gasteiger partial charge in [-0.3, -0.25) is 9.59 Å². The molecule has 1 aromatic heterocycles. The SMILES string of the molecule is Cc1cc(C=NNC(=O)C(=O)NC2CCCC2)c(C)n1-c1ccccc1. The minimum absolute atomic E-state index is 0.113. The molecule has 0 aliphatic heterocycles. The van der Waals surface area contributed by atoms with Crippen LogP contribution < -0.4 is 10.7 Å². The van der Waals surface area contributed by atoms with E-state index in [9.17, 15) is 9.59 Å². The lowest BCUT2D eigenvalue weighted by Crippen LogP contribution is -2.42. The van der Waals surface area contributed by atoms with Crippen LogP contribution in [0.25, 0.3) is 5.69 Å². The summed E-state index contributed by atoms with van der Waals surface area (Å²) in [5.74, 6) is -1.35. The lowest BCUT2D eigenvalue weighted by molar-refractivity contribution is -0.139. The highest BCUT2D eigenvalue weighted by molar-refractivity contribution is 6.35. The van der Waals surface area contributed by atoms with E-state index >= 15 is 0 Å². The van der Waals surface area contributed by atoms with Crippen LogP contribution in [0, 0.1) is 13.8 Å². The van der Waals surface area contributed by atoms with Crippen molar-refractivity contribution in [1.29, 1.82) is 0 Å². The standard InChI is InChI=1S/C20H24N4O2/c1-14-12-16(15(2)24(14)18-10-4-3-5-11-18)13-21-23-20(26)19(25)22-17-8-6-7-9-17/h3-5,10-13,17H,6-9H2,1-2H3,(H,22,25)(H,23,26). The van der Waals surface area contributed by atoms with Crippen LogP contribution >= 0.6 is 0 Å². The summed E-state index contributed by atoms with van der Waals surface area (Å²) in [5.41, 5.74) is 6.36. The van der Waals surface area contributed by atoms with Gasteiger partial charge < -0.3 is 9.88 Å². The van der Waals surface area contributed by atoms with Gasteiger partial charge in [-0.15, -0.1) is 0 Å². The predicted molar refractivity (Wildman–Crippen MR) is 101 cm³/mol. The Labute approximate surface area is 153 Å². The summed E-state index contributed by atoms with van der Waals surface area (Å²) in [6, 6.07) is 12.1. The van der Waals surface area contributed by atoms with E-state index in [2.05, 4.69) is 20.4 Å². The van der Waals surface area contributed by atoms with Crippen LogP contribution in [-0.4, -0.2) is 28.6 Å². The Morgan fingerprint density at radius 2 is 1.81 bits per heavy atom. The summed E-state index contributed by atoms with van der Waals surface area (Å²) in [5, 5.41) is 6.69. The molecule has 0 atom stereocenters. The van der Waals surface area contributed by atoms with Crippen molar-refractivity contribution >= 4 is 18.0 Å². The molecule has 1 saturated carbocycles. The number of aromatic nitrogens is 1. The molecule has 3 rings (SSSR count). The number of hydrazone groups is 1. The number of hydrogen-bond acceptors (Lipinski definition) is 3. The molecule has 1 fully saturated rings. The molecule has 0 spiro atoms. The highest BCUT2D eigenvalue weighted by Crippen LogP contribution is 2.19. The quantitative estimate of drug-likeness (QED) is 0.504. The average Bonchev–Trinajstić information content (AvgIpc) is 3.23. The van der Waals surface area contributed by atoms with Crippen molar-refractivity contribution in [3.8, 4) is 5.69 Å². The first-order valence-corrected chi connectivity index (χ1v) is 8.94. The van der Waals surface area contributed by atoms with Gasteiger partial charge in [0.25, 0.3) is 0 Å². The maximum atomic E-state index is 11.9. The van der Waals surface area contributed by atoms with Crippen LogP contribution in [0.1, 0.15) is 42.6 Å². The maximum absolute atomic E-state index is 11.9. The van der Waals surface area contributed by atoms with Gasteiger partial charge in [0.05, 0.1) is 6.21 Å². The number of amides is 2. The van der Waals surface area contributed by atoms with Crippen LogP contribution in [0.3, 0.4) is 0 Å². The number of hydrogen-bond donors (Lipinski definition) is 2. The molecule has 6 nitrogen and oxygen atoms in total. The van der Waals surface area contributed by atoms with Gasteiger partial charge in [-0.05, 0) is 44.9 Å². The van der Waals surface area contributed by atoms with Gasteiger partial charge in [-0.1, -0.05) is 31.0 Å². The van der Waals surface area contributed by atoms with E-state index in [4.69, 9.17) is 0 Å². The Bertz CT molecular complexity index is 818. The zero-order valence-corrected chi connectivity index (χ0v) is 15.2. The van der Waals surface area contributed by atoms with Crippen LogP contribution in [0.15, 0.2) is 41.5 Å². The van der Waals surface area contributed by atoms with Crippen molar-refractivity contribution in [3.05, 3.63) is 53.3 Å². The van der Waals surface area contributed by atoms with Crippen molar-refractivity contribution in [3.63, 3.8) is 0 Å². The molecule has 0 unspecified atom stereocenters. The summed E-state index contributed by atoms with van der Waals surface area (Å²) in [4.78, 5) is 23.7. The van der Waals surface area contributed by atoms with E-state index < -0.39 is 11.8 Å². The Kier molecular flexibility index (Phi) is 5.51. The number of benzene rings is 1. The Morgan fingerprint density at radius 1 is 1.12 bits per heavy atom. The fraction of sp³-hybridized carbons (Fsp3) is 0.350. The third kappa shape index (κ3) is 4.02. The second-order valence-electron chi connectivity index (χ2n) is 6.65. The number of carbonyl (C=O) groups is 2. The number of para-hydroxylation sites is 1. The molecule has 0 radical (unpaired) electrons. The third-order valence-electron chi connectivity index (χ3n) is 4.75. The van der Waals surface area contributed by atoms with E-state index in [1.54, 1.807) is 6.21 Å². The highest BCUT2D eigenvalue weighted by atomic mass is 16.2. The van der Waals surface area contributed by atoms with Crippen LogP contribution in [0.2, 0.25) is 0 Å². The van der Waals surface area contributed by atoms with Crippen molar-refractivity contribution in [2.45, 2.75) is 45.6 Å². The summed E-state index contributed by atoms with van der Waals surface area (Å²) in [6.45, 7) is 4.01. The van der Waals surface area contributed by atoms with Gasteiger partial charge in [0, 0.05) is 28.7 Å². The number of aryl methyl sites for hydroxylation is 1. The van der Waals surface area contributed by atoms with E-state index in [1.165, 1.54) is 0 Å². The zero-order valence-electron chi connectivity index (χ0n) is 15.2. The van der Waals surface area contributed by atoms with E-state index in [-0.39, 0.29) is 6.04 Å². The van der Waals surface area contributed by atoms with E-state index in [1.807, 2.05) is 50.2 Å². The van der Waals surface area contributed by atoms with Crippen LogP contribution in [-0.2, 0) is 9.59 Å². The first-order valence-electron chi connectivity index (χ1n) is 8.94. The normalized spacial score (nSPS) is 14.7. The fourth-order valence-electron chi connectivity index (χ4n) is 3.43. The second kappa shape index (κ2) is 7.99. The lowest BCUT2D eigenvalue weighted by atomic mass is 10.2. The molecular formula is C20H24N4O2. The zero-order chi connectivity index (χ0) is 18.5. The number of nitrogens with one attached hydrogen (secondary N) is 2. The molecule has 26 heavy (non-hydrogen) atoms. The minimum Gasteiger partial charge on any atom is -0.345 e. The van der Waals surface area contributed by atoms with Crippen molar-refractivity contribution in [1.82, 2.24) is 15.3 Å². The average molecular weight is 352 g/mol. The van der Waals surface area contributed by atoms with Crippen molar-refractivity contribution < 1.29 is 9.59 Å². The molecule has 136 valence electrons. The van der Waals surface area contributed by atoms with Crippen LogP contribution in [0.5, 0.6) is 0 Å². The Balaban J connectivity index is 1.63. The van der Waals surface area contributed by atoms with Gasteiger partial charge in [0.15, 0.2) is 0 Å². The number of carbonyl (C=O) groups excluding carboxylic acids is 2. The van der Waals surface area contributed by atoms with Gasteiger partial charge in [-0.2, -0.15) is 5.10 Å². The molecule has 6 heteroatoms. The molecule has 1 aliphatic rings. The van der Waals surface area contributed by atoms with Gasteiger partial charge in [-0.25, -0.2) is 5.43 Å². The second-order valence-corrected chi connectivity index (χ2v) is 6.65. The minimum atomic E-state index is -0.731. The monoisotopic (exact) mass is 352 g/mol. The number of rotatable bonds is 4. The van der Waals surface area contributed by atoms with E-state index in [0.29, 0.717) is 0 Å². The molecule has 0 saturated heterocycles. The summed E-state index contributed by atoms with van der Waals surface area (Å²) < 4.78 is 2.12. The molecule has 0 bridgehead atoms. The van der Waals surface area contributed by atoms with E-state index in [0.717, 1.165) is 48.3 Å². The lowest BCUT2D eigenvalue weighted by Gasteiger charge is -2.10. The Hall–Kier alpha value is -2.89. The summed E-state index contributed by atoms with van der Waals surface area (Å²) in [6.07, 6.45) is 5.65. The van der Waals surface area contributed by atoms with Gasteiger partial charge >= 0.3 is 11.8 Å². The molecule has 2 N–H and O–H groups in total. The number of nitrogens with zero attached hydrogens (tertiary/aromatic N) is 2.